The summed E-state index contributed by atoms with van der Waals surface area (Å²) in [6.07, 6.45) is 7.67. The smallest absolute Gasteiger partial charge is 0.209 e. The monoisotopic (exact) mass is 422 g/mol. The van der Waals surface area contributed by atoms with Crippen LogP contribution in [0.3, 0.4) is 0 Å². The predicted octanol–water partition coefficient (Wildman–Crippen LogP) is 2.89. The van der Waals surface area contributed by atoms with Gasteiger partial charge >= 0.3 is 0 Å². The highest BCUT2D eigenvalue weighted by Gasteiger charge is 2.36. The van der Waals surface area contributed by atoms with Crippen LogP contribution in [0.15, 0.2) is 24.3 Å². The summed E-state index contributed by atoms with van der Waals surface area (Å²) in [7, 11) is -3.26. The lowest BCUT2D eigenvalue weighted by atomic mass is 9.82. The largest absolute Gasteiger partial charge is 0.489 e. The molecule has 0 aromatic heterocycles. The van der Waals surface area contributed by atoms with Crippen molar-refractivity contribution in [2.24, 2.45) is 0 Å². The number of benzene rings is 1. The lowest BCUT2D eigenvalue weighted by Crippen LogP contribution is -2.58. The highest BCUT2D eigenvalue weighted by Crippen LogP contribution is 2.39. The molecule has 1 aromatic rings. The van der Waals surface area contributed by atoms with E-state index in [1.807, 2.05) is 6.07 Å². The Labute approximate surface area is 175 Å². The summed E-state index contributed by atoms with van der Waals surface area (Å²) in [6.45, 7) is 4.39. The number of fused-ring (bicyclic) bond motifs is 5. The van der Waals surface area contributed by atoms with Crippen LogP contribution in [0.4, 0.5) is 0 Å². The van der Waals surface area contributed by atoms with Crippen LogP contribution in [0, 0.1) is 0 Å². The first-order valence-corrected chi connectivity index (χ1v) is 12.9. The van der Waals surface area contributed by atoms with Gasteiger partial charge in [-0.25, -0.2) is 13.1 Å². The molecule has 1 aliphatic carbocycles. The minimum absolute atomic E-state index is 0.0218. The fourth-order valence-corrected chi connectivity index (χ4v) is 6.10. The molecule has 2 fully saturated rings. The number of rotatable bonds is 2. The fraction of sp³-hybridized carbons (Fsp3) is 0.727. The van der Waals surface area contributed by atoms with Gasteiger partial charge in [0.25, 0.3) is 0 Å². The maximum absolute atomic E-state index is 11.9. The molecule has 0 amide bonds. The third-order valence-corrected chi connectivity index (χ3v) is 7.35. The number of piperidine rings is 1. The summed E-state index contributed by atoms with van der Waals surface area (Å²) in [5, 5.41) is 0. The second-order valence-corrected chi connectivity index (χ2v) is 10.8. The van der Waals surface area contributed by atoms with Crippen molar-refractivity contribution in [1.82, 2.24) is 9.62 Å². The normalized spacial score (nSPS) is 34.1. The zero-order valence-electron chi connectivity index (χ0n) is 17.5. The SMILES string of the molecule is C[C@H]1CN2CCCC(NS(C)(=O)=O)[C@@H]2COC2CCC(CC2)c2ccccc2O1. The highest BCUT2D eigenvalue weighted by molar-refractivity contribution is 7.88. The number of para-hydroxylation sites is 1. The number of sulfonamides is 1. The molecule has 2 bridgehead atoms. The van der Waals surface area contributed by atoms with E-state index in [1.165, 1.54) is 11.8 Å². The van der Waals surface area contributed by atoms with Crippen molar-refractivity contribution in [3.63, 3.8) is 0 Å². The van der Waals surface area contributed by atoms with Crippen molar-refractivity contribution >= 4 is 10.0 Å². The van der Waals surface area contributed by atoms with Crippen molar-refractivity contribution in [3.05, 3.63) is 29.8 Å². The second-order valence-electron chi connectivity index (χ2n) is 8.97. The van der Waals surface area contributed by atoms with Crippen molar-refractivity contribution in [2.75, 3.05) is 26.0 Å². The van der Waals surface area contributed by atoms with Crippen LogP contribution in [-0.2, 0) is 14.8 Å². The van der Waals surface area contributed by atoms with Gasteiger partial charge < -0.3 is 9.47 Å². The number of nitrogens with one attached hydrogen (secondary N) is 1. The van der Waals surface area contributed by atoms with Crippen LogP contribution in [0.25, 0.3) is 0 Å². The maximum atomic E-state index is 11.9. The number of hydrogen-bond acceptors (Lipinski definition) is 5. The molecule has 29 heavy (non-hydrogen) atoms. The topological polar surface area (TPSA) is 67.9 Å². The highest BCUT2D eigenvalue weighted by atomic mass is 32.2. The van der Waals surface area contributed by atoms with Crippen LogP contribution >= 0.6 is 0 Å². The molecule has 162 valence electrons. The standard InChI is InChI=1S/C22H34N2O4S/c1-16-14-24-13-5-7-20(23-29(2,25)26)21(24)15-27-18-11-9-17(10-12-18)19-6-3-4-8-22(19)28-16/h3-4,6,8,16-18,20-21,23H,5,7,9-15H2,1-2H3/t16-,17?,18?,20?,21-/m0/s1. The molecule has 7 heteroatoms. The van der Waals surface area contributed by atoms with Crippen LogP contribution in [0.2, 0.25) is 0 Å². The predicted molar refractivity (Wildman–Crippen MR) is 114 cm³/mol. The van der Waals surface area contributed by atoms with E-state index in [0.717, 1.165) is 57.4 Å². The van der Waals surface area contributed by atoms with Crippen molar-refractivity contribution < 1.29 is 17.9 Å². The van der Waals surface area contributed by atoms with E-state index in [-0.39, 0.29) is 24.3 Å². The van der Waals surface area contributed by atoms with Gasteiger partial charge in [-0.05, 0) is 69.5 Å². The Bertz CT molecular complexity index is 792. The van der Waals surface area contributed by atoms with Gasteiger partial charge in [-0.15, -0.1) is 0 Å². The van der Waals surface area contributed by atoms with Gasteiger partial charge in [0.1, 0.15) is 11.9 Å². The molecule has 0 radical (unpaired) electrons. The second kappa shape index (κ2) is 8.92. The molecule has 3 heterocycles. The third kappa shape index (κ3) is 5.32. The Kier molecular flexibility index (Phi) is 6.49. The lowest BCUT2D eigenvalue weighted by Gasteiger charge is -2.42. The van der Waals surface area contributed by atoms with Gasteiger partial charge in [-0.3, -0.25) is 4.90 Å². The molecule has 1 saturated carbocycles. The molecule has 6 nitrogen and oxygen atoms in total. The molecule has 5 rings (SSSR count). The quantitative estimate of drug-likeness (QED) is 0.794. The number of hydrogen-bond donors (Lipinski definition) is 1. The summed E-state index contributed by atoms with van der Waals surface area (Å²) in [5.74, 6) is 1.53. The Hall–Kier alpha value is -1.15. The molecule has 0 spiro atoms. The molecule has 3 aliphatic heterocycles. The molecule has 1 aromatic carbocycles. The molecule has 1 saturated heterocycles. The Morgan fingerprint density at radius 3 is 2.62 bits per heavy atom. The fourth-order valence-electron chi connectivity index (χ4n) is 5.27. The summed E-state index contributed by atoms with van der Waals surface area (Å²) in [6, 6.07) is 8.39. The van der Waals surface area contributed by atoms with Gasteiger partial charge in [0.05, 0.1) is 19.0 Å². The van der Waals surface area contributed by atoms with Crippen molar-refractivity contribution in [2.45, 2.75) is 75.7 Å². The first-order chi connectivity index (χ1) is 13.9. The minimum atomic E-state index is -3.26. The zero-order valence-corrected chi connectivity index (χ0v) is 18.4. The van der Waals surface area contributed by atoms with E-state index in [2.05, 4.69) is 34.7 Å². The number of ether oxygens (including phenoxy) is 2. The van der Waals surface area contributed by atoms with E-state index >= 15 is 0 Å². The van der Waals surface area contributed by atoms with E-state index in [4.69, 9.17) is 9.47 Å². The van der Waals surface area contributed by atoms with Crippen molar-refractivity contribution in [3.8, 4) is 5.75 Å². The average molecular weight is 423 g/mol. The molecule has 4 aliphatic rings. The van der Waals surface area contributed by atoms with E-state index < -0.39 is 10.0 Å². The minimum Gasteiger partial charge on any atom is -0.489 e. The van der Waals surface area contributed by atoms with E-state index in [9.17, 15) is 8.42 Å². The Morgan fingerprint density at radius 2 is 1.86 bits per heavy atom. The summed E-state index contributed by atoms with van der Waals surface area (Å²) >= 11 is 0. The molecular weight excluding hydrogens is 388 g/mol. The van der Waals surface area contributed by atoms with Gasteiger partial charge in [0.15, 0.2) is 0 Å². The first kappa shape index (κ1) is 21.1. The van der Waals surface area contributed by atoms with E-state index in [1.54, 1.807) is 0 Å². The summed E-state index contributed by atoms with van der Waals surface area (Å²) < 4.78 is 39.5. The third-order valence-electron chi connectivity index (χ3n) is 6.61. The Balaban J connectivity index is 1.60. The van der Waals surface area contributed by atoms with Gasteiger partial charge in [-0.2, -0.15) is 0 Å². The van der Waals surface area contributed by atoms with E-state index in [0.29, 0.717) is 12.5 Å². The summed E-state index contributed by atoms with van der Waals surface area (Å²) in [5.41, 5.74) is 1.32. The number of nitrogens with zero attached hydrogens (tertiary/aromatic N) is 1. The Morgan fingerprint density at radius 1 is 1.10 bits per heavy atom. The first-order valence-electron chi connectivity index (χ1n) is 11.0. The van der Waals surface area contributed by atoms with Crippen LogP contribution < -0.4 is 9.46 Å². The van der Waals surface area contributed by atoms with Crippen LogP contribution in [-0.4, -0.2) is 63.6 Å². The molecule has 1 unspecified atom stereocenters. The van der Waals surface area contributed by atoms with Gasteiger partial charge in [-0.1, -0.05) is 18.2 Å². The molecule has 1 N–H and O–H groups in total. The zero-order chi connectivity index (χ0) is 20.4. The van der Waals surface area contributed by atoms with Crippen molar-refractivity contribution in [1.29, 1.82) is 0 Å². The van der Waals surface area contributed by atoms with Crippen LogP contribution in [0.1, 0.15) is 56.9 Å². The molecule has 3 atom stereocenters. The van der Waals surface area contributed by atoms with Gasteiger partial charge in [0, 0.05) is 18.6 Å². The van der Waals surface area contributed by atoms with Crippen LogP contribution in [0.5, 0.6) is 5.75 Å². The lowest BCUT2D eigenvalue weighted by molar-refractivity contribution is -0.0323. The average Bonchev–Trinajstić information content (AvgIpc) is 2.68. The summed E-state index contributed by atoms with van der Waals surface area (Å²) in [4.78, 5) is 2.37. The molecular formula is C22H34N2O4S. The maximum Gasteiger partial charge on any atom is 0.209 e. The van der Waals surface area contributed by atoms with Gasteiger partial charge in [0.2, 0.25) is 10.0 Å².